The highest BCUT2D eigenvalue weighted by Gasteiger charge is 2.12. The van der Waals surface area contributed by atoms with Crippen molar-refractivity contribution in [3.05, 3.63) is 34.9 Å². The molecule has 0 aliphatic rings. The van der Waals surface area contributed by atoms with Crippen molar-refractivity contribution in [3.8, 4) is 6.07 Å². The van der Waals surface area contributed by atoms with Gasteiger partial charge in [0.2, 0.25) is 0 Å². The number of ether oxygens (including phenoxy) is 1. The fourth-order valence-corrected chi connectivity index (χ4v) is 1.99. The largest absolute Gasteiger partial charge is 0.462 e. The van der Waals surface area contributed by atoms with Crippen LogP contribution < -0.4 is 0 Å². The van der Waals surface area contributed by atoms with Crippen molar-refractivity contribution in [2.24, 2.45) is 0 Å². The molecule has 96 valence electrons. The highest BCUT2D eigenvalue weighted by atomic mass is 79.9. The highest BCUT2D eigenvalue weighted by Crippen LogP contribution is 2.16. The van der Waals surface area contributed by atoms with Crippen LogP contribution in [0, 0.1) is 11.3 Å². The number of aryl methyl sites for hydroxylation is 1. The summed E-state index contributed by atoms with van der Waals surface area (Å²) in [6.45, 7) is 2.11. The van der Waals surface area contributed by atoms with Gasteiger partial charge >= 0.3 is 5.97 Å². The van der Waals surface area contributed by atoms with Gasteiger partial charge in [0.05, 0.1) is 24.7 Å². The van der Waals surface area contributed by atoms with Crippen LogP contribution in [0.25, 0.3) is 0 Å². The van der Waals surface area contributed by atoms with E-state index in [0.717, 1.165) is 29.3 Å². The molecular formula is C14H16BrNO2. The van der Waals surface area contributed by atoms with E-state index in [-0.39, 0.29) is 12.4 Å². The lowest BCUT2D eigenvalue weighted by atomic mass is 9.99. The van der Waals surface area contributed by atoms with Crippen molar-refractivity contribution >= 4 is 21.9 Å². The monoisotopic (exact) mass is 309 g/mol. The van der Waals surface area contributed by atoms with Crippen molar-refractivity contribution in [3.63, 3.8) is 0 Å². The van der Waals surface area contributed by atoms with Crippen LogP contribution in [0.2, 0.25) is 0 Å². The lowest BCUT2D eigenvalue weighted by Gasteiger charge is -2.08. The quantitative estimate of drug-likeness (QED) is 0.598. The molecular weight excluding hydrogens is 294 g/mol. The van der Waals surface area contributed by atoms with Crippen LogP contribution in [-0.2, 0) is 17.6 Å². The van der Waals surface area contributed by atoms with Gasteiger partial charge in [-0.15, -0.1) is 0 Å². The minimum atomic E-state index is -0.352. The number of carbonyl (C=O) groups excluding carboxylic acids is 1. The molecule has 0 bridgehead atoms. The third kappa shape index (κ3) is 4.15. The van der Waals surface area contributed by atoms with Gasteiger partial charge in [-0.05, 0) is 37.0 Å². The number of nitriles is 1. The zero-order chi connectivity index (χ0) is 13.4. The van der Waals surface area contributed by atoms with E-state index in [1.54, 1.807) is 13.0 Å². The minimum absolute atomic E-state index is 0.232. The van der Waals surface area contributed by atoms with Crippen LogP contribution in [0.3, 0.4) is 0 Å². The standard InChI is InChI=1S/C14H16BrNO2/c1-2-18-14(17)13-6-5-11(4-3-8-15)10-12(13)7-9-16/h5-6,10H,2-4,7-8H2,1H3. The van der Waals surface area contributed by atoms with Crippen molar-refractivity contribution in [1.82, 2.24) is 0 Å². The third-order valence-corrected chi connectivity index (χ3v) is 3.09. The van der Waals surface area contributed by atoms with Crippen LogP contribution in [-0.4, -0.2) is 17.9 Å². The van der Waals surface area contributed by atoms with Gasteiger partial charge in [0.25, 0.3) is 0 Å². The second kappa shape index (κ2) is 7.88. The number of benzene rings is 1. The molecule has 1 aromatic rings. The minimum Gasteiger partial charge on any atom is -0.462 e. The molecule has 0 atom stereocenters. The van der Waals surface area contributed by atoms with Gasteiger partial charge in [0, 0.05) is 5.33 Å². The van der Waals surface area contributed by atoms with E-state index in [4.69, 9.17) is 10.00 Å². The van der Waals surface area contributed by atoms with Crippen LogP contribution in [0.5, 0.6) is 0 Å². The van der Waals surface area contributed by atoms with Crippen molar-refractivity contribution < 1.29 is 9.53 Å². The molecule has 0 radical (unpaired) electrons. The van der Waals surface area contributed by atoms with E-state index in [1.165, 1.54) is 0 Å². The zero-order valence-corrected chi connectivity index (χ0v) is 12.0. The average molecular weight is 310 g/mol. The first kappa shape index (κ1) is 14.7. The molecule has 0 aromatic heterocycles. The zero-order valence-electron chi connectivity index (χ0n) is 10.4. The molecule has 0 amide bonds. The van der Waals surface area contributed by atoms with E-state index in [9.17, 15) is 4.79 Å². The van der Waals surface area contributed by atoms with Gasteiger partial charge in [-0.1, -0.05) is 28.1 Å². The summed E-state index contributed by atoms with van der Waals surface area (Å²) < 4.78 is 4.98. The molecule has 0 spiro atoms. The summed E-state index contributed by atoms with van der Waals surface area (Å²) >= 11 is 3.39. The molecule has 1 aromatic carbocycles. The van der Waals surface area contributed by atoms with Crippen molar-refractivity contribution in [2.75, 3.05) is 11.9 Å². The molecule has 1 rings (SSSR count). The Bertz CT molecular complexity index is 452. The second-order valence-electron chi connectivity index (χ2n) is 3.84. The van der Waals surface area contributed by atoms with Crippen LogP contribution in [0.1, 0.15) is 34.8 Å². The van der Waals surface area contributed by atoms with E-state index >= 15 is 0 Å². The molecule has 0 fully saturated rings. The predicted molar refractivity (Wildman–Crippen MR) is 73.8 cm³/mol. The van der Waals surface area contributed by atoms with E-state index in [2.05, 4.69) is 22.0 Å². The molecule has 0 aliphatic carbocycles. The molecule has 0 aliphatic heterocycles. The number of halogens is 1. The summed E-state index contributed by atoms with van der Waals surface area (Å²) in [7, 11) is 0. The lowest BCUT2D eigenvalue weighted by Crippen LogP contribution is -2.08. The predicted octanol–water partition coefficient (Wildman–Crippen LogP) is 3.26. The second-order valence-corrected chi connectivity index (χ2v) is 4.63. The highest BCUT2D eigenvalue weighted by molar-refractivity contribution is 9.09. The van der Waals surface area contributed by atoms with Crippen LogP contribution in [0.4, 0.5) is 0 Å². The van der Waals surface area contributed by atoms with E-state index in [1.807, 2.05) is 12.1 Å². The lowest BCUT2D eigenvalue weighted by molar-refractivity contribution is 0.0525. The van der Waals surface area contributed by atoms with Crippen molar-refractivity contribution in [1.29, 1.82) is 5.26 Å². The summed E-state index contributed by atoms with van der Waals surface area (Å²) in [6.07, 6.45) is 2.20. The normalized spacial score (nSPS) is 9.83. The fourth-order valence-electron chi connectivity index (χ4n) is 1.71. The van der Waals surface area contributed by atoms with Gasteiger partial charge < -0.3 is 4.74 Å². The maximum absolute atomic E-state index is 11.7. The van der Waals surface area contributed by atoms with Crippen LogP contribution in [0.15, 0.2) is 18.2 Å². The number of nitrogens with zero attached hydrogens (tertiary/aromatic N) is 1. The Morgan fingerprint density at radius 3 is 2.89 bits per heavy atom. The Balaban J connectivity index is 2.97. The molecule has 0 unspecified atom stereocenters. The molecule has 0 heterocycles. The molecule has 0 N–H and O–H groups in total. The number of hydrogen-bond donors (Lipinski definition) is 0. The molecule has 0 saturated carbocycles. The SMILES string of the molecule is CCOC(=O)c1ccc(CCCBr)cc1CC#N. The number of carbonyl (C=O) groups is 1. The first-order valence-corrected chi connectivity index (χ1v) is 7.07. The van der Waals surface area contributed by atoms with Gasteiger partial charge in [-0.25, -0.2) is 4.79 Å². The van der Waals surface area contributed by atoms with Gasteiger partial charge in [-0.3, -0.25) is 0 Å². The van der Waals surface area contributed by atoms with Crippen LogP contribution >= 0.6 is 15.9 Å². The number of esters is 1. The maximum Gasteiger partial charge on any atom is 0.338 e. The molecule has 0 saturated heterocycles. The number of hydrogen-bond acceptors (Lipinski definition) is 3. The maximum atomic E-state index is 11.7. The van der Waals surface area contributed by atoms with Gasteiger partial charge in [-0.2, -0.15) is 5.26 Å². The Morgan fingerprint density at radius 1 is 1.50 bits per heavy atom. The van der Waals surface area contributed by atoms with Gasteiger partial charge in [0.15, 0.2) is 0 Å². The Kier molecular flexibility index (Phi) is 6.45. The summed E-state index contributed by atoms with van der Waals surface area (Å²) in [5, 5.41) is 9.76. The average Bonchev–Trinajstić information content (AvgIpc) is 2.37. The summed E-state index contributed by atoms with van der Waals surface area (Å²) in [6, 6.07) is 7.70. The number of alkyl halides is 1. The van der Waals surface area contributed by atoms with E-state index in [0.29, 0.717) is 12.2 Å². The fraction of sp³-hybridized carbons (Fsp3) is 0.429. The smallest absolute Gasteiger partial charge is 0.338 e. The van der Waals surface area contributed by atoms with E-state index < -0.39 is 0 Å². The Labute approximate surface area is 116 Å². The first-order chi connectivity index (χ1) is 8.72. The molecule has 18 heavy (non-hydrogen) atoms. The Hall–Kier alpha value is -1.34. The summed E-state index contributed by atoms with van der Waals surface area (Å²) in [5.74, 6) is -0.352. The third-order valence-electron chi connectivity index (χ3n) is 2.53. The summed E-state index contributed by atoms with van der Waals surface area (Å²) in [4.78, 5) is 11.7. The topological polar surface area (TPSA) is 50.1 Å². The van der Waals surface area contributed by atoms with Gasteiger partial charge in [0.1, 0.15) is 0 Å². The first-order valence-electron chi connectivity index (χ1n) is 5.94. The number of rotatable bonds is 6. The summed E-state index contributed by atoms with van der Waals surface area (Å²) in [5.41, 5.74) is 2.40. The van der Waals surface area contributed by atoms with Crippen molar-refractivity contribution in [2.45, 2.75) is 26.2 Å². The Morgan fingerprint density at radius 2 is 2.28 bits per heavy atom. The molecule has 4 heteroatoms. The molecule has 3 nitrogen and oxygen atoms in total.